The summed E-state index contributed by atoms with van der Waals surface area (Å²) in [5.74, 6) is 0.664. The molecule has 1 atom stereocenters. The summed E-state index contributed by atoms with van der Waals surface area (Å²) in [6, 6.07) is 9.90. The Balaban J connectivity index is 1.48. The van der Waals surface area contributed by atoms with E-state index in [4.69, 9.17) is 9.51 Å². The van der Waals surface area contributed by atoms with E-state index < -0.39 is 0 Å². The molecule has 7 heteroatoms. The Labute approximate surface area is 143 Å². The number of likely N-dealkylation sites (tertiary alicyclic amines) is 1. The summed E-state index contributed by atoms with van der Waals surface area (Å²) in [6.45, 7) is 2.96. The molecule has 2 aromatic heterocycles. The summed E-state index contributed by atoms with van der Waals surface area (Å²) in [7, 11) is 0. The highest BCUT2D eigenvalue weighted by atomic mass is 32.1. The van der Waals surface area contributed by atoms with Gasteiger partial charge in [-0.15, -0.1) is 11.3 Å². The molecule has 1 saturated heterocycles. The fraction of sp³-hybridized carbons (Fsp3) is 0.353. The number of rotatable bonds is 3. The first kappa shape index (κ1) is 15.1. The van der Waals surface area contributed by atoms with Gasteiger partial charge >= 0.3 is 6.03 Å². The molecule has 124 valence electrons. The normalized spacial score (nSPS) is 17.5. The molecule has 1 aromatic carbocycles. The molecule has 2 amide bonds. The van der Waals surface area contributed by atoms with Crippen LogP contribution in [0.4, 0.5) is 4.79 Å². The zero-order valence-corrected chi connectivity index (χ0v) is 14.2. The maximum Gasteiger partial charge on any atom is 0.318 e. The Hall–Kier alpha value is -2.41. The SMILES string of the molecule is Cc1cc(CNC(=O)N2CCCC2c2nc3ccccc3s2)on1. The van der Waals surface area contributed by atoms with Crippen LogP contribution in [0.25, 0.3) is 10.2 Å². The van der Waals surface area contributed by atoms with Gasteiger partial charge in [0.1, 0.15) is 5.01 Å². The van der Waals surface area contributed by atoms with Crippen LogP contribution in [0.15, 0.2) is 34.9 Å². The lowest BCUT2D eigenvalue weighted by Crippen LogP contribution is -2.39. The third kappa shape index (κ3) is 2.87. The first-order valence-electron chi connectivity index (χ1n) is 8.03. The molecular weight excluding hydrogens is 324 g/mol. The van der Waals surface area contributed by atoms with Gasteiger partial charge in [-0.1, -0.05) is 17.3 Å². The van der Waals surface area contributed by atoms with Crippen molar-refractivity contribution in [2.75, 3.05) is 6.54 Å². The third-order valence-electron chi connectivity index (χ3n) is 4.20. The van der Waals surface area contributed by atoms with Gasteiger partial charge in [0.2, 0.25) is 0 Å². The summed E-state index contributed by atoms with van der Waals surface area (Å²) in [5, 5.41) is 7.76. The van der Waals surface area contributed by atoms with Crippen LogP contribution < -0.4 is 5.32 Å². The van der Waals surface area contributed by atoms with E-state index in [0.29, 0.717) is 12.3 Å². The second-order valence-corrected chi connectivity index (χ2v) is 7.03. The van der Waals surface area contributed by atoms with Gasteiger partial charge in [0.25, 0.3) is 0 Å². The molecule has 6 nitrogen and oxygen atoms in total. The van der Waals surface area contributed by atoms with Crippen LogP contribution in [0.2, 0.25) is 0 Å². The van der Waals surface area contributed by atoms with Crippen molar-refractivity contribution in [2.24, 2.45) is 0 Å². The number of aromatic nitrogens is 2. The lowest BCUT2D eigenvalue weighted by Gasteiger charge is -2.23. The van der Waals surface area contributed by atoms with Crippen LogP contribution in [0.5, 0.6) is 0 Å². The molecular formula is C17H18N4O2S. The van der Waals surface area contributed by atoms with Crippen LogP contribution in [0, 0.1) is 6.92 Å². The minimum absolute atomic E-state index is 0.0545. The van der Waals surface area contributed by atoms with Gasteiger partial charge in [0.15, 0.2) is 5.76 Å². The van der Waals surface area contributed by atoms with Gasteiger partial charge < -0.3 is 14.7 Å². The maximum atomic E-state index is 12.6. The maximum absolute atomic E-state index is 12.6. The molecule has 0 aliphatic carbocycles. The van der Waals surface area contributed by atoms with Crippen LogP contribution in [0.1, 0.15) is 35.3 Å². The molecule has 24 heavy (non-hydrogen) atoms. The second-order valence-electron chi connectivity index (χ2n) is 5.96. The molecule has 0 radical (unpaired) electrons. The predicted molar refractivity (Wildman–Crippen MR) is 91.8 cm³/mol. The van der Waals surface area contributed by atoms with Gasteiger partial charge in [-0.25, -0.2) is 9.78 Å². The average Bonchev–Trinajstić information content (AvgIpc) is 3.30. The molecule has 0 spiro atoms. The molecule has 1 fully saturated rings. The van der Waals surface area contributed by atoms with Crippen LogP contribution in [-0.2, 0) is 6.54 Å². The molecule has 0 bridgehead atoms. The Bertz CT molecular complexity index is 839. The smallest absolute Gasteiger partial charge is 0.318 e. The van der Waals surface area contributed by atoms with E-state index in [1.807, 2.05) is 36.1 Å². The van der Waals surface area contributed by atoms with Crippen molar-refractivity contribution in [3.05, 3.63) is 46.8 Å². The fourth-order valence-electron chi connectivity index (χ4n) is 3.06. The molecule has 1 aliphatic heterocycles. The standard InChI is InChI=1S/C17H18N4O2S/c1-11-9-12(23-20-11)10-18-17(22)21-8-4-6-14(21)16-19-13-5-2-3-7-15(13)24-16/h2-3,5,7,9,14H,4,6,8,10H2,1H3,(H,18,22). The summed E-state index contributed by atoms with van der Waals surface area (Å²) in [5.41, 5.74) is 1.81. The van der Waals surface area contributed by atoms with Crippen molar-refractivity contribution < 1.29 is 9.32 Å². The highest BCUT2D eigenvalue weighted by molar-refractivity contribution is 7.18. The number of aryl methyl sites for hydroxylation is 1. The largest absolute Gasteiger partial charge is 0.359 e. The second kappa shape index (κ2) is 6.24. The van der Waals surface area contributed by atoms with E-state index in [1.54, 1.807) is 11.3 Å². The van der Waals surface area contributed by atoms with E-state index >= 15 is 0 Å². The topological polar surface area (TPSA) is 71.3 Å². The molecule has 1 unspecified atom stereocenters. The van der Waals surface area contributed by atoms with E-state index in [2.05, 4.69) is 16.5 Å². The van der Waals surface area contributed by atoms with Gasteiger partial charge in [0.05, 0.1) is 28.5 Å². The molecule has 1 aliphatic rings. The summed E-state index contributed by atoms with van der Waals surface area (Å²) in [6.07, 6.45) is 1.95. The third-order valence-corrected chi connectivity index (χ3v) is 5.34. The number of nitrogens with one attached hydrogen (secondary N) is 1. The average molecular weight is 342 g/mol. The van der Waals surface area contributed by atoms with Crippen molar-refractivity contribution in [3.63, 3.8) is 0 Å². The first-order valence-corrected chi connectivity index (χ1v) is 8.84. The summed E-state index contributed by atoms with van der Waals surface area (Å²) in [4.78, 5) is 19.1. The van der Waals surface area contributed by atoms with Crippen LogP contribution >= 0.6 is 11.3 Å². The summed E-state index contributed by atoms with van der Waals surface area (Å²) < 4.78 is 6.30. The minimum atomic E-state index is -0.0780. The van der Waals surface area contributed by atoms with E-state index in [1.165, 1.54) is 0 Å². The lowest BCUT2D eigenvalue weighted by atomic mass is 10.2. The number of fused-ring (bicyclic) bond motifs is 1. The molecule has 3 aromatic rings. The molecule has 0 saturated carbocycles. The predicted octanol–water partition coefficient (Wildman–Crippen LogP) is 3.64. The van der Waals surface area contributed by atoms with Crippen LogP contribution in [0.3, 0.4) is 0 Å². The van der Waals surface area contributed by atoms with E-state index in [-0.39, 0.29) is 12.1 Å². The highest BCUT2D eigenvalue weighted by Crippen LogP contribution is 2.36. The number of hydrogen-bond donors (Lipinski definition) is 1. The Morgan fingerprint density at radius 1 is 1.46 bits per heavy atom. The monoisotopic (exact) mass is 342 g/mol. The number of hydrogen-bond acceptors (Lipinski definition) is 5. The Morgan fingerprint density at radius 2 is 2.33 bits per heavy atom. The zero-order chi connectivity index (χ0) is 16.5. The van der Waals surface area contributed by atoms with Gasteiger partial charge in [-0.2, -0.15) is 0 Å². The fourth-order valence-corrected chi connectivity index (χ4v) is 4.18. The molecule has 3 heterocycles. The van der Waals surface area contributed by atoms with Crippen molar-refractivity contribution in [2.45, 2.75) is 32.4 Å². The van der Waals surface area contributed by atoms with E-state index in [0.717, 1.165) is 40.3 Å². The number of amides is 2. The van der Waals surface area contributed by atoms with Gasteiger partial charge in [-0.3, -0.25) is 0 Å². The van der Waals surface area contributed by atoms with Crippen molar-refractivity contribution in [3.8, 4) is 0 Å². The molecule has 1 N–H and O–H groups in total. The van der Waals surface area contributed by atoms with Gasteiger partial charge in [0, 0.05) is 12.6 Å². The number of benzene rings is 1. The number of carbonyl (C=O) groups excluding carboxylic acids is 1. The number of nitrogens with zero attached hydrogens (tertiary/aromatic N) is 3. The number of urea groups is 1. The zero-order valence-electron chi connectivity index (χ0n) is 13.4. The van der Waals surface area contributed by atoms with Crippen molar-refractivity contribution in [1.29, 1.82) is 0 Å². The lowest BCUT2D eigenvalue weighted by molar-refractivity contribution is 0.191. The van der Waals surface area contributed by atoms with Gasteiger partial charge in [-0.05, 0) is 31.9 Å². The van der Waals surface area contributed by atoms with E-state index in [9.17, 15) is 4.79 Å². The number of carbonyl (C=O) groups is 1. The molecule has 4 rings (SSSR count). The summed E-state index contributed by atoms with van der Waals surface area (Å²) >= 11 is 1.67. The minimum Gasteiger partial charge on any atom is -0.359 e. The quantitative estimate of drug-likeness (QED) is 0.789. The number of thiazole rings is 1. The highest BCUT2D eigenvalue weighted by Gasteiger charge is 2.32. The number of para-hydroxylation sites is 1. The van der Waals surface area contributed by atoms with Crippen molar-refractivity contribution >= 4 is 27.6 Å². The van der Waals surface area contributed by atoms with Crippen molar-refractivity contribution in [1.82, 2.24) is 20.4 Å². The van der Waals surface area contributed by atoms with Crippen LogP contribution in [-0.4, -0.2) is 27.6 Å². The Kier molecular flexibility index (Phi) is 3.93. The Morgan fingerprint density at radius 3 is 3.12 bits per heavy atom. The first-order chi connectivity index (χ1) is 11.7.